The third-order valence-electron chi connectivity index (χ3n) is 2.26. The summed E-state index contributed by atoms with van der Waals surface area (Å²) >= 11 is 9.29. The van der Waals surface area contributed by atoms with Crippen LogP contribution in [0, 0.1) is 0 Å². The summed E-state index contributed by atoms with van der Waals surface area (Å²) < 4.78 is 5.85. The topological polar surface area (TPSA) is 9.23 Å². The van der Waals surface area contributed by atoms with E-state index >= 15 is 0 Å². The summed E-state index contributed by atoms with van der Waals surface area (Å²) in [5.41, 5.74) is 1.19. The van der Waals surface area contributed by atoms with Gasteiger partial charge in [0.25, 0.3) is 0 Å². The van der Waals surface area contributed by atoms with Crippen LogP contribution in [0.25, 0.3) is 0 Å². The van der Waals surface area contributed by atoms with Crippen molar-refractivity contribution >= 4 is 27.5 Å². The third kappa shape index (κ3) is 2.72. The van der Waals surface area contributed by atoms with Crippen LogP contribution in [0.1, 0.15) is 24.5 Å². The lowest BCUT2D eigenvalue weighted by Crippen LogP contribution is -2.06. The molecule has 0 radical (unpaired) electrons. The van der Waals surface area contributed by atoms with Crippen LogP contribution in [0.3, 0.4) is 0 Å². The number of halogens is 2. The largest absolute Gasteiger partial charge is 0.369 e. The third-order valence-corrected chi connectivity index (χ3v) is 3.10. The quantitative estimate of drug-likeness (QED) is 0.756. The standard InChI is InChI=1S/C11H12BrClO/c12-7-11(14-10-5-6-10)8-1-3-9(13)4-2-8/h1-4,10-11H,5-7H2. The zero-order valence-electron chi connectivity index (χ0n) is 7.75. The van der Waals surface area contributed by atoms with Crippen molar-refractivity contribution in [2.24, 2.45) is 0 Å². The molecule has 1 aliphatic carbocycles. The van der Waals surface area contributed by atoms with Crippen molar-refractivity contribution in [3.63, 3.8) is 0 Å². The Labute approximate surface area is 97.5 Å². The second kappa shape index (κ2) is 4.65. The molecule has 1 fully saturated rings. The summed E-state index contributed by atoms with van der Waals surface area (Å²) in [6.45, 7) is 0. The Morgan fingerprint density at radius 2 is 2.00 bits per heavy atom. The van der Waals surface area contributed by atoms with Crippen molar-refractivity contribution in [2.75, 3.05) is 5.33 Å². The van der Waals surface area contributed by atoms with Gasteiger partial charge in [0.05, 0.1) is 12.2 Å². The molecule has 2 rings (SSSR count). The van der Waals surface area contributed by atoms with Crippen LogP contribution in [0.5, 0.6) is 0 Å². The normalized spacial score (nSPS) is 18.1. The van der Waals surface area contributed by atoms with Crippen LogP contribution in [0.2, 0.25) is 5.02 Å². The van der Waals surface area contributed by atoms with Gasteiger partial charge in [-0.2, -0.15) is 0 Å². The molecular formula is C11H12BrClO. The van der Waals surface area contributed by atoms with Crippen molar-refractivity contribution in [3.05, 3.63) is 34.9 Å². The van der Waals surface area contributed by atoms with Crippen molar-refractivity contribution < 1.29 is 4.74 Å². The Balaban J connectivity index is 2.05. The van der Waals surface area contributed by atoms with Gasteiger partial charge in [0.15, 0.2) is 0 Å². The summed E-state index contributed by atoms with van der Waals surface area (Å²) in [5, 5.41) is 1.61. The molecule has 0 spiro atoms. The van der Waals surface area contributed by atoms with Gasteiger partial charge < -0.3 is 4.74 Å². The highest BCUT2D eigenvalue weighted by Crippen LogP contribution is 2.32. The van der Waals surface area contributed by atoms with Gasteiger partial charge in [-0.15, -0.1) is 0 Å². The summed E-state index contributed by atoms with van der Waals surface area (Å²) in [4.78, 5) is 0. The highest BCUT2D eigenvalue weighted by atomic mass is 79.9. The van der Waals surface area contributed by atoms with E-state index in [0.717, 1.165) is 10.4 Å². The zero-order valence-corrected chi connectivity index (χ0v) is 10.1. The first kappa shape index (κ1) is 10.5. The van der Waals surface area contributed by atoms with E-state index in [0.29, 0.717) is 6.10 Å². The first-order valence-electron chi connectivity index (χ1n) is 4.76. The molecule has 0 N–H and O–H groups in total. The molecule has 0 amide bonds. The Hall–Kier alpha value is -0.0500. The predicted molar refractivity (Wildman–Crippen MR) is 62.1 cm³/mol. The first-order chi connectivity index (χ1) is 6.79. The molecule has 0 saturated heterocycles. The van der Waals surface area contributed by atoms with Crippen LogP contribution < -0.4 is 0 Å². The molecule has 0 aromatic heterocycles. The van der Waals surface area contributed by atoms with Crippen molar-refractivity contribution in [1.29, 1.82) is 0 Å². The fourth-order valence-corrected chi connectivity index (χ4v) is 1.97. The molecule has 3 heteroatoms. The number of benzene rings is 1. The van der Waals surface area contributed by atoms with E-state index in [1.165, 1.54) is 18.4 Å². The summed E-state index contributed by atoms with van der Waals surface area (Å²) in [7, 11) is 0. The average molecular weight is 276 g/mol. The van der Waals surface area contributed by atoms with Gasteiger partial charge in [0, 0.05) is 10.4 Å². The predicted octanol–water partition coefficient (Wildman–Crippen LogP) is 3.96. The van der Waals surface area contributed by atoms with E-state index < -0.39 is 0 Å². The number of ether oxygens (including phenoxy) is 1. The van der Waals surface area contributed by atoms with Crippen molar-refractivity contribution in [3.8, 4) is 0 Å². The molecule has 14 heavy (non-hydrogen) atoms. The maximum Gasteiger partial charge on any atom is 0.0925 e. The molecule has 1 aromatic rings. The molecule has 0 aliphatic heterocycles. The van der Waals surface area contributed by atoms with Gasteiger partial charge in [-0.1, -0.05) is 39.7 Å². The number of hydrogen-bond acceptors (Lipinski definition) is 1. The molecule has 1 atom stereocenters. The van der Waals surface area contributed by atoms with Gasteiger partial charge in [-0.05, 0) is 30.5 Å². The minimum Gasteiger partial charge on any atom is -0.369 e. The molecule has 0 heterocycles. The van der Waals surface area contributed by atoms with E-state index in [1.807, 2.05) is 24.3 Å². The molecule has 1 nitrogen and oxygen atoms in total. The lowest BCUT2D eigenvalue weighted by Gasteiger charge is -2.15. The van der Waals surface area contributed by atoms with Crippen molar-refractivity contribution in [1.82, 2.24) is 0 Å². The molecule has 1 saturated carbocycles. The Kier molecular flexibility index (Phi) is 3.47. The SMILES string of the molecule is Clc1ccc(C(CBr)OC2CC2)cc1. The fraction of sp³-hybridized carbons (Fsp3) is 0.455. The van der Waals surface area contributed by atoms with E-state index in [9.17, 15) is 0 Å². The Morgan fingerprint density at radius 3 is 2.50 bits per heavy atom. The summed E-state index contributed by atoms with van der Waals surface area (Å²) in [6.07, 6.45) is 3.06. The number of rotatable bonds is 4. The minimum absolute atomic E-state index is 0.166. The lowest BCUT2D eigenvalue weighted by atomic mass is 10.1. The second-order valence-electron chi connectivity index (χ2n) is 3.53. The van der Waals surface area contributed by atoms with E-state index in [-0.39, 0.29) is 6.10 Å². The molecule has 0 bridgehead atoms. The van der Waals surface area contributed by atoms with Crippen molar-refractivity contribution in [2.45, 2.75) is 25.0 Å². The monoisotopic (exact) mass is 274 g/mol. The molecule has 76 valence electrons. The van der Waals surface area contributed by atoms with Gasteiger partial charge >= 0.3 is 0 Å². The highest BCUT2D eigenvalue weighted by Gasteiger charge is 2.26. The molecule has 1 aromatic carbocycles. The first-order valence-corrected chi connectivity index (χ1v) is 6.26. The molecule has 1 unspecified atom stereocenters. The van der Waals surface area contributed by atoms with Gasteiger partial charge in [0.1, 0.15) is 0 Å². The zero-order chi connectivity index (χ0) is 9.97. The summed E-state index contributed by atoms with van der Waals surface area (Å²) in [5.74, 6) is 0. The van der Waals surface area contributed by atoms with Gasteiger partial charge in [-0.25, -0.2) is 0 Å². The van der Waals surface area contributed by atoms with Crippen LogP contribution in [-0.4, -0.2) is 11.4 Å². The number of alkyl halides is 1. The van der Waals surface area contributed by atoms with Gasteiger partial charge in [0.2, 0.25) is 0 Å². The second-order valence-corrected chi connectivity index (χ2v) is 4.61. The highest BCUT2D eigenvalue weighted by molar-refractivity contribution is 9.09. The smallest absolute Gasteiger partial charge is 0.0925 e. The average Bonchev–Trinajstić information content (AvgIpc) is 3.00. The minimum atomic E-state index is 0.166. The molecular weight excluding hydrogens is 263 g/mol. The van der Waals surface area contributed by atoms with Crippen LogP contribution in [0.4, 0.5) is 0 Å². The van der Waals surface area contributed by atoms with Crippen LogP contribution >= 0.6 is 27.5 Å². The fourth-order valence-electron chi connectivity index (χ4n) is 1.32. The van der Waals surface area contributed by atoms with Crippen LogP contribution in [0.15, 0.2) is 24.3 Å². The number of hydrogen-bond donors (Lipinski definition) is 0. The molecule has 1 aliphatic rings. The van der Waals surface area contributed by atoms with E-state index in [1.54, 1.807) is 0 Å². The van der Waals surface area contributed by atoms with Gasteiger partial charge in [-0.3, -0.25) is 0 Å². The Morgan fingerprint density at radius 1 is 1.36 bits per heavy atom. The Bertz CT molecular complexity index is 295. The van der Waals surface area contributed by atoms with E-state index in [4.69, 9.17) is 16.3 Å². The summed E-state index contributed by atoms with van der Waals surface area (Å²) in [6, 6.07) is 7.86. The maximum atomic E-state index is 5.85. The van der Waals surface area contributed by atoms with E-state index in [2.05, 4.69) is 15.9 Å². The van der Waals surface area contributed by atoms with Crippen LogP contribution in [-0.2, 0) is 4.74 Å². The maximum absolute atomic E-state index is 5.85. The lowest BCUT2D eigenvalue weighted by molar-refractivity contribution is 0.0559.